The van der Waals surface area contributed by atoms with E-state index < -0.39 is 0 Å². The first-order valence-corrected chi connectivity index (χ1v) is 9.46. The maximum absolute atomic E-state index is 12.1. The third-order valence-corrected chi connectivity index (χ3v) is 5.05. The summed E-state index contributed by atoms with van der Waals surface area (Å²) in [5.41, 5.74) is 4.85. The molecule has 0 saturated heterocycles. The van der Waals surface area contributed by atoms with Crippen LogP contribution in [0.5, 0.6) is 0 Å². The van der Waals surface area contributed by atoms with E-state index >= 15 is 0 Å². The molecule has 2 heterocycles. The molecular weight excluding hydrogens is 324 g/mol. The Morgan fingerprint density at radius 1 is 1.35 bits per heavy atom. The maximum atomic E-state index is 12.1. The smallest absolute Gasteiger partial charge is 0.244 e. The first-order valence-electron chi connectivity index (χ1n) is 9.46. The van der Waals surface area contributed by atoms with Crippen molar-refractivity contribution < 1.29 is 9.21 Å². The van der Waals surface area contributed by atoms with E-state index in [4.69, 9.17) is 4.42 Å². The highest BCUT2D eigenvalue weighted by Crippen LogP contribution is 2.20. The van der Waals surface area contributed by atoms with E-state index in [0.717, 1.165) is 29.1 Å². The molecule has 0 fully saturated rings. The molecule has 0 saturated carbocycles. The third-order valence-electron chi connectivity index (χ3n) is 5.05. The van der Waals surface area contributed by atoms with Crippen LogP contribution in [0.2, 0.25) is 0 Å². The fraction of sp³-hybridized carbons (Fsp3) is 0.409. The van der Waals surface area contributed by atoms with E-state index in [0.29, 0.717) is 13.1 Å². The van der Waals surface area contributed by atoms with Crippen LogP contribution >= 0.6 is 0 Å². The van der Waals surface area contributed by atoms with Gasteiger partial charge in [-0.1, -0.05) is 11.6 Å². The highest BCUT2D eigenvalue weighted by molar-refractivity contribution is 5.91. The first-order chi connectivity index (χ1) is 12.6. The van der Waals surface area contributed by atoms with Crippen LogP contribution < -0.4 is 5.32 Å². The van der Waals surface area contributed by atoms with Gasteiger partial charge in [-0.15, -0.1) is 0 Å². The molecule has 4 nitrogen and oxygen atoms in total. The summed E-state index contributed by atoms with van der Waals surface area (Å²) in [5, 5.41) is 2.99. The molecule has 1 amide bonds. The molecule has 4 heteroatoms. The Labute approximate surface area is 155 Å². The topological polar surface area (TPSA) is 47.2 Å². The third kappa shape index (κ3) is 4.78. The van der Waals surface area contributed by atoms with Gasteiger partial charge < -0.3 is 14.3 Å². The highest BCUT2D eigenvalue weighted by atomic mass is 16.3. The molecule has 1 aliphatic rings. The van der Waals surface area contributed by atoms with Crippen LogP contribution in [0.15, 0.2) is 46.6 Å². The minimum Gasteiger partial charge on any atom is -0.467 e. The second-order valence-electron chi connectivity index (χ2n) is 6.97. The molecule has 1 N–H and O–H groups in total. The van der Waals surface area contributed by atoms with Crippen LogP contribution in [0.1, 0.15) is 54.8 Å². The molecule has 0 aromatic carbocycles. The molecule has 3 rings (SSSR count). The van der Waals surface area contributed by atoms with Gasteiger partial charge in [-0.05, 0) is 75.8 Å². The molecule has 138 valence electrons. The van der Waals surface area contributed by atoms with Crippen LogP contribution in [-0.4, -0.2) is 17.0 Å². The van der Waals surface area contributed by atoms with Crippen molar-refractivity contribution in [1.29, 1.82) is 0 Å². The number of aryl methyl sites for hydroxylation is 1. The van der Waals surface area contributed by atoms with Crippen LogP contribution in [-0.2, 0) is 11.3 Å². The summed E-state index contributed by atoms with van der Waals surface area (Å²) in [6.45, 7) is 5.57. The Bertz CT molecular complexity index is 794. The van der Waals surface area contributed by atoms with Crippen molar-refractivity contribution in [2.45, 2.75) is 52.5 Å². The van der Waals surface area contributed by atoms with Crippen molar-refractivity contribution in [2.75, 3.05) is 6.54 Å². The van der Waals surface area contributed by atoms with Crippen molar-refractivity contribution in [3.63, 3.8) is 0 Å². The van der Waals surface area contributed by atoms with Gasteiger partial charge in [0.2, 0.25) is 5.91 Å². The van der Waals surface area contributed by atoms with Gasteiger partial charge in [0.15, 0.2) is 0 Å². The van der Waals surface area contributed by atoms with Crippen LogP contribution in [0.25, 0.3) is 6.08 Å². The Hall–Kier alpha value is -2.49. The minimum absolute atomic E-state index is 0.0303. The molecule has 1 aliphatic carbocycles. The van der Waals surface area contributed by atoms with Crippen molar-refractivity contribution >= 4 is 12.0 Å². The number of carbonyl (C=O) groups excluding carboxylic acids is 1. The predicted molar refractivity (Wildman–Crippen MR) is 105 cm³/mol. The van der Waals surface area contributed by atoms with E-state index in [-0.39, 0.29) is 5.91 Å². The van der Waals surface area contributed by atoms with Crippen LogP contribution in [0, 0.1) is 13.8 Å². The van der Waals surface area contributed by atoms with Gasteiger partial charge in [0.05, 0.1) is 12.8 Å². The summed E-state index contributed by atoms with van der Waals surface area (Å²) >= 11 is 0. The summed E-state index contributed by atoms with van der Waals surface area (Å²) in [6.07, 6.45) is 13.5. The summed E-state index contributed by atoms with van der Waals surface area (Å²) in [6, 6.07) is 5.98. The summed E-state index contributed by atoms with van der Waals surface area (Å²) in [5.74, 6) is 0.898. The second kappa shape index (κ2) is 8.75. The summed E-state index contributed by atoms with van der Waals surface area (Å²) in [7, 11) is 0. The number of furan rings is 1. The second-order valence-corrected chi connectivity index (χ2v) is 6.97. The molecule has 0 unspecified atom stereocenters. The monoisotopic (exact) mass is 352 g/mol. The molecule has 0 aliphatic heterocycles. The van der Waals surface area contributed by atoms with E-state index in [1.54, 1.807) is 12.3 Å². The lowest BCUT2D eigenvalue weighted by Crippen LogP contribution is -2.22. The van der Waals surface area contributed by atoms with E-state index in [1.165, 1.54) is 31.3 Å². The lowest BCUT2D eigenvalue weighted by molar-refractivity contribution is -0.116. The predicted octanol–water partition coefficient (Wildman–Crippen LogP) is 4.77. The van der Waals surface area contributed by atoms with Crippen molar-refractivity contribution in [1.82, 2.24) is 9.88 Å². The largest absolute Gasteiger partial charge is 0.467 e. The highest BCUT2D eigenvalue weighted by Gasteiger charge is 2.09. The Kier molecular flexibility index (Phi) is 6.16. The molecular formula is C22H28N2O2. The number of amides is 1. The van der Waals surface area contributed by atoms with Gasteiger partial charge in [0.1, 0.15) is 5.76 Å². The number of hydrogen-bond acceptors (Lipinski definition) is 2. The normalized spacial score (nSPS) is 14.6. The quantitative estimate of drug-likeness (QED) is 0.576. The fourth-order valence-electron chi connectivity index (χ4n) is 3.50. The SMILES string of the molecule is Cc1cc(/C=C/C(=O)NCCC2=CCCCC2)c(C)n1Cc1ccco1. The fourth-order valence-corrected chi connectivity index (χ4v) is 3.50. The average Bonchev–Trinajstić information content (AvgIpc) is 3.25. The molecule has 0 spiro atoms. The Morgan fingerprint density at radius 2 is 2.23 bits per heavy atom. The zero-order valence-corrected chi connectivity index (χ0v) is 15.8. The number of nitrogens with zero attached hydrogens (tertiary/aromatic N) is 1. The number of rotatable bonds is 7. The molecule has 0 radical (unpaired) electrons. The number of hydrogen-bond donors (Lipinski definition) is 1. The van der Waals surface area contributed by atoms with Crippen molar-refractivity contribution in [3.05, 3.63) is 64.9 Å². The molecule has 26 heavy (non-hydrogen) atoms. The number of carbonyl (C=O) groups is 1. The lowest BCUT2D eigenvalue weighted by atomic mass is 9.97. The number of nitrogens with one attached hydrogen (secondary N) is 1. The van der Waals surface area contributed by atoms with Crippen molar-refractivity contribution in [2.24, 2.45) is 0 Å². The van der Waals surface area contributed by atoms with Gasteiger partial charge in [0, 0.05) is 24.0 Å². The standard InChI is InChI=1S/C22H28N2O2/c1-17-15-20(18(2)24(17)16-21-9-6-14-26-21)10-11-22(25)23-13-12-19-7-4-3-5-8-19/h6-7,9-11,14-15H,3-5,8,12-13,16H2,1-2H3,(H,23,25)/b11-10+. The van der Waals surface area contributed by atoms with E-state index in [9.17, 15) is 4.79 Å². The Balaban J connectivity index is 1.54. The van der Waals surface area contributed by atoms with E-state index in [2.05, 4.69) is 35.9 Å². The number of allylic oxidation sites excluding steroid dienone is 1. The zero-order chi connectivity index (χ0) is 18.4. The summed E-state index contributed by atoms with van der Waals surface area (Å²) in [4.78, 5) is 12.1. The van der Waals surface area contributed by atoms with E-state index in [1.807, 2.05) is 18.2 Å². The molecule has 2 aromatic heterocycles. The first kappa shape index (κ1) is 18.3. The van der Waals surface area contributed by atoms with Crippen LogP contribution in [0.4, 0.5) is 0 Å². The number of aromatic nitrogens is 1. The maximum Gasteiger partial charge on any atom is 0.244 e. The van der Waals surface area contributed by atoms with Gasteiger partial charge in [-0.25, -0.2) is 0 Å². The molecule has 2 aromatic rings. The zero-order valence-electron chi connectivity index (χ0n) is 15.8. The molecule has 0 bridgehead atoms. The average molecular weight is 352 g/mol. The van der Waals surface area contributed by atoms with Gasteiger partial charge >= 0.3 is 0 Å². The van der Waals surface area contributed by atoms with Gasteiger partial charge in [-0.2, -0.15) is 0 Å². The van der Waals surface area contributed by atoms with Crippen molar-refractivity contribution in [3.8, 4) is 0 Å². The molecule has 0 atom stereocenters. The van der Waals surface area contributed by atoms with Gasteiger partial charge in [0.25, 0.3) is 0 Å². The Morgan fingerprint density at radius 3 is 2.96 bits per heavy atom. The minimum atomic E-state index is -0.0303. The van der Waals surface area contributed by atoms with Gasteiger partial charge in [-0.3, -0.25) is 4.79 Å². The van der Waals surface area contributed by atoms with Crippen LogP contribution in [0.3, 0.4) is 0 Å². The lowest BCUT2D eigenvalue weighted by Gasteiger charge is -2.12. The summed E-state index contributed by atoms with van der Waals surface area (Å²) < 4.78 is 7.64.